The Morgan fingerprint density at radius 3 is 2.53 bits per heavy atom. The summed E-state index contributed by atoms with van der Waals surface area (Å²) in [5.41, 5.74) is 14.0. The van der Waals surface area contributed by atoms with Crippen molar-refractivity contribution in [2.75, 3.05) is 18.5 Å². The van der Waals surface area contributed by atoms with Crippen LogP contribution in [0.2, 0.25) is 0 Å². The van der Waals surface area contributed by atoms with Crippen LogP contribution in [0, 0.1) is 5.82 Å². The largest absolute Gasteiger partial charge is 0.465 e. The molecule has 0 radical (unpaired) electrons. The van der Waals surface area contributed by atoms with Gasteiger partial charge in [0.1, 0.15) is 23.1 Å². The van der Waals surface area contributed by atoms with E-state index < -0.39 is 12.1 Å². The molecule has 0 aliphatic carbocycles. The van der Waals surface area contributed by atoms with Crippen LogP contribution in [0.1, 0.15) is 24.1 Å². The van der Waals surface area contributed by atoms with E-state index in [0.29, 0.717) is 27.9 Å². The van der Waals surface area contributed by atoms with E-state index in [0.717, 1.165) is 4.90 Å². The van der Waals surface area contributed by atoms with Crippen LogP contribution >= 0.6 is 0 Å². The second-order valence-electron chi connectivity index (χ2n) is 7.27. The van der Waals surface area contributed by atoms with Crippen LogP contribution in [0.3, 0.4) is 0 Å². The first-order valence-corrected chi connectivity index (χ1v) is 9.72. The third-order valence-corrected chi connectivity index (χ3v) is 5.30. The van der Waals surface area contributed by atoms with Crippen LogP contribution in [-0.2, 0) is 6.54 Å². The fourth-order valence-corrected chi connectivity index (χ4v) is 3.47. The lowest BCUT2D eigenvalue weighted by Crippen LogP contribution is -2.29. The maximum atomic E-state index is 14.2. The number of nitrogens with two attached hydrogens (primary N) is 2. The van der Waals surface area contributed by atoms with E-state index in [9.17, 15) is 14.3 Å². The van der Waals surface area contributed by atoms with Crippen LogP contribution in [0.5, 0.6) is 0 Å². The van der Waals surface area contributed by atoms with Gasteiger partial charge in [-0.15, -0.1) is 0 Å². The average molecular weight is 436 g/mol. The molecule has 4 aromatic rings. The van der Waals surface area contributed by atoms with Crippen molar-refractivity contribution < 1.29 is 14.3 Å². The summed E-state index contributed by atoms with van der Waals surface area (Å²) in [5.74, 6) is -0.0824. The van der Waals surface area contributed by atoms with Crippen LogP contribution in [0.15, 0.2) is 42.6 Å². The van der Waals surface area contributed by atoms with E-state index >= 15 is 0 Å². The summed E-state index contributed by atoms with van der Waals surface area (Å²) in [7, 11) is 1.41. The summed E-state index contributed by atoms with van der Waals surface area (Å²) in [6.07, 6.45) is 0.478. The average Bonchev–Trinajstić information content (AvgIpc) is 3.12. The maximum absolute atomic E-state index is 14.2. The molecule has 0 bridgehead atoms. The van der Waals surface area contributed by atoms with Gasteiger partial charge in [0.15, 0.2) is 11.5 Å². The van der Waals surface area contributed by atoms with Gasteiger partial charge in [0.05, 0.1) is 23.5 Å². The number of nitrogens with zero attached hydrogens (tertiary/aromatic N) is 6. The summed E-state index contributed by atoms with van der Waals surface area (Å²) in [4.78, 5) is 25.4. The van der Waals surface area contributed by atoms with Gasteiger partial charge in [-0.2, -0.15) is 5.10 Å². The minimum absolute atomic E-state index is 0.0498. The number of amides is 1. The molecular formula is C21H21FN8O2. The third-order valence-electron chi connectivity index (χ3n) is 5.30. The SMILES string of the molecule is CC(c1c(N)nc(-c2nn(Cc3ccccc3F)c3ncccc23)nc1N)N(C)C(=O)O. The number of benzene rings is 1. The van der Waals surface area contributed by atoms with Crippen LogP contribution in [0.25, 0.3) is 22.6 Å². The molecule has 0 spiro atoms. The zero-order valence-corrected chi connectivity index (χ0v) is 17.4. The number of hydrogen-bond donors (Lipinski definition) is 3. The summed E-state index contributed by atoms with van der Waals surface area (Å²) in [6.45, 7) is 1.80. The van der Waals surface area contributed by atoms with Gasteiger partial charge in [0.2, 0.25) is 0 Å². The molecule has 0 aliphatic rings. The van der Waals surface area contributed by atoms with Crippen LogP contribution in [0.4, 0.5) is 20.8 Å². The Kier molecular flexibility index (Phi) is 5.31. The summed E-state index contributed by atoms with van der Waals surface area (Å²) < 4.78 is 15.8. The lowest BCUT2D eigenvalue weighted by molar-refractivity contribution is 0.142. The molecule has 0 saturated heterocycles. The Morgan fingerprint density at radius 2 is 1.88 bits per heavy atom. The van der Waals surface area contributed by atoms with Gasteiger partial charge in [-0.3, -0.25) is 0 Å². The Hall–Kier alpha value is -4.28. The van der Waals surface area contributed by atoms with E-state index in [4.69, 9.17) is 11.5 Å². The molecule has 1 unspecified atom stereocenters. The number of aromatic nitrogens is 5. The van der Waals surface area contributed by atoms with Crippen molar-refractivity contribution in [2.24, 2.45) is 0 Å². The Morgan fingerprint density at radius 1 is 1.19 bits per heavy atom. The van der Waals surface area contributed by atoms with E-state index in [1.54, 1.807) is 48.1 Å². The maximum Gasteiger partial charge on any atom is 0.407 e. The molecular weight excluding hydrogens is 415 g/mol. The van der Waals surface area contributed by atoms with Gasteiger partial charge in [0, 0.05) is 18.8 Å². The second kappa shape index (κ2) is 8.10. The molecule has 1 aromatic carbocycles. The predicted octanol–water partition coefficient (Wildman–Crippen LogP) is 2.91. The highest BCUT2D eigenvalue weighted by atomic mass is 19.1. The normalized spacial score (nSPS) is 12.1. The zero-order chi connectivity index (χ0) is 23.0. The summed E-state index contributed by atoms with van der Waals surface area (Å²) in [6, 6.07) is 9.31. The number of hydrogen-bond acceptors (Lipinski definition) is 7. The highest BCUT2D eigenvalue weighted by molar-refractivity contribution is 5.89. The van der Waals surface area contributed by atoms with Crippen molar-refractivity contribution in [1.29, 1.82) is 0 Å². The Bertz CT molecular complexity index is 1300. The monoisotopic (exact) mass is 436 g/mol. The number of carbonyl (C=O) groups is 1. The van der Waals surface area contributed by atoms with Crippen molar-refractivity contribution in [2.45, 2.75) is 19.5 Å². The van der Waals surface area contributed by atoms with E-state index in [-0.39, 0.29) is 29.8 Å². The molecule has 0 saturated carbocycles. The van der Waals surface area contributed by atoms with Crippen LogP contribution < -0.4 is 11.5 Å². The topological polar surface area (TPSA) is 149 Å². The molecule has 0 aliphatic heterocycles. The minimum atomic E-state index is -1.13. The summed E-state index contributed by atoms with van der Waals surface area (Å²) >= 11 is 0. The van der Waals surface area contributed by atoms with Crippen molar-refractivity contribution in [1.82, 2.24) is 29.6 Å². The molecule has 3 aromatic heterocycles. The van der Waals surface area contributed by atoms with Crippen molar-refractivity contribution in [3.05, 3.63) is 59.5 Å². The van der Waals surface area contributed by atoms with Crippen molar-refractivity contribution >= 4 is 28.8 Å². The van der Waals surface area contributed by atoms with Gasteiger partial charge in [0.25, 0.3) is 0 Å². The van der Waals surface area contributed by atoms with Crippen molar-refractivity contribution in [3.8, 4) is 11.5 Å². The quantitative estimate of drug-likeness (QED) is 0.432. The highest BCUT2D eigenvalue weighted by Crippen LogP contribution is 2.32. The molecule has 1 amide bonds. The highest BCUT2D eigenvalue weighted by Gasteiger charge is 2.25. The zero-order valence-electron chi connectivity index (χ0n) is 17.4. The fraction of sp³-hybridized carbons (Fsp3) is 0.190. The number of pyridine rings is 1. The molecule has 4 rings (SSSR count). The van der Waals surface area contributed by atoms with E-state index in [2.05, 4.69) is 20.1 Å². The number of carboxylic acid groups (broad SMARTS) is 1. The number of rotatable bonds is 5. The second-order valence-corrected chi connectivity index (χ2v) is 7.27. The molecule has 1 atom stereocenters. The Labute approximate surface area is 182 Å². The number of halogens is 1. The van der Waals surface area contributed by atoms with Gasteiger partial charge in [-0.25, -0.2) is 28.8 Å². The van der Waals surface area contributed by atoms with Gasteiger partial charge >= 0.3 is 6.09 Å². The lowest BCUT2D eigenvalue weighted by atomic mass is 10.1. The number of nitrogen functional groups attached to an aromatic ring is 2. The van der Waals surface area contributed by atoms with E-state index in [1.165, 1.54) is 13.1 Å². The summed E-state index contributed by atoms with van der Waals surface area (Å²) in [5, 5.41) is 14.5. The molecule has 32 heavy (non-hydrogen) atoms. The molecule has 164 valence electrons. The minimum Gasteiger partial charge on any atom is -0.465 e. The third kappa shape index (κ3) is 3.64. The van der Waals surface area contributed by atoms with Crippen molar-refractivity contribution in [3.63, 3.8) is 0 Å². The van der Waals surface area contributed by atoms with Gasteiger partial charge in [-0.1, -0.05) is 18.2 Å². The lowest BCUT2D eigenvalue weighted by Gasteiger charge is -2.23. The van der Waals surface area contributed by atoms with Gasteiger partial charge in [-0.05, 0) is 25.1 Å². The molecule has 0 fully saturated rings. The first kappa shape index (κ1) is 21.0. The molecule has 11 heteroatoms. The predicted molar refractivity (Wildman–Crippen MR) is 117 cm³/mol. The first-order valence-electron chi connectivity index (χ1n) is 9.72. The standard InChI is InChI=1S/C21H21FN8O2/c1-11(29(2)21(31)32)15-17(23)26-19(27-18(15)24)16-13-7-5-9-25-20(13)30(28-16)10-12-6-3-4-8-14(12)22/h3-9,11H,10H2,1-2H3,(H,31,32)(H4,23,24,26,27). The molecule has 3 heterocycles. The molecule has 10 nitrogen and oxygen atoms in total. The fourth-order valence-electron chi connectivity index (χ4n) is 3.47. The smallest absolute Gasteiger partial charge is 0.407 e. The van der Waals surface area contributed by atoms with E-state index in [1.807, 2.05) is 0 Å². The first-order chi connectivity index (χ1) is 15.3. The van der Waals surface area contributed by atoms with Gasteiger partial charge < -0.3 is 21.5 Å². The number of fused-ring (bicyclic) bond motifs is 1. The molecule has 5 N–H and O–H groups in total. The Balaban J connectivity index is 1.81. The van der Waals surface area contributed by atoms with Crippen LogP contribution in [-0.4, -0.2) is 47.9 Å². The number of anilines is 2.